The zero-order valence-corrected chi connectivity index (χ0v) is 12.4. The Labute approximate surface area is 135 Å². The van der Waals surface area contributed by atoms with Crippen LogP contribution < -0.4 is 0 Å². The standard InChI is InChI=1S/C20H12O4/c21-13-5-1-9-10-2-6-15(23)20-16(24)8-4-12(18(10)20)11-3-7-14(22)19(13)17(9)11/h1-8,21-24H. The Balaban J connectivity index is 2.26. The topological polar surface area (TPSA) is 80.9 Å². The van der Waals surface area contributed by atoms with Crippen LogP contribution in [-0.2, 0) is 0 Å². The molecule has 0 atom stereocenters. The molecule has 0 spiro atoms. The zero-order valence-electron chi connectivity index (χ0n) is 12.4. The van der Waals surface area contributed by atoms with Gasteiger partial charge in [-0.15, -0.1) is 0 Å². The fourth-order valence-electron chi connectivity index (χ4n) is 3.82. The fraction of sp³-hybridized carbons (Fsp3) is 0. The summed E-state index contributed by atoms with van der Waals surface area (Å²) in [4.78, 5) is 0. The highest BCUT2D eigenvalue weighted by atomic mass is 16.3. The summed E-state index contributed by atoms with van der Waals surface area (Å²) in [5.74, 6) is 0.0754. The third-order valence-electron chi connectivity index (χ3n) is 4.81. The molecule has 116 valence electrons. The van der Waals surface area contributed by atoms with Crippen molar-refractivity contribution in [3.63, 3.8) is 0 Å². The maximum atomic E-state index is 10.2. The second-order valence-corrected chi connectivity index (χ2v) is 6.03. The lowest BCUT2D eigenvalue weighted by molar-refractivity contribution is 0.463. The second-order valence-electron chi connectivity index (χ2n) is 6.03. The van der Waals surface area contributed by atoms with Crippen LogP contribution in [0.3, 0.4) is 0 Å². The van der Waals surface area contributed by atoms with Gasteiger partial charge in [0.05, 0.1) is 10.8 Å². The van der Waals surface area contributed by atoms with Crippen LogP contribution in [-0.4, -0.2) is 20.4 Å². The maximum Gasteiger partial charge on any atom is 0.127 e. The lowest BCUT2D eigenvalue weighted by atomic mass is 9.89. The molecule has 0 saturated carbocycles. The minimum atomic E-state index is 0.0188. The van der Waals surface area contributed by atoms with E-state index in [1.807, 2.05) is 0 Å². The number of phenols is 4. The quantitative estimate of drug-likeness (QED) is 0.249. The highest BCUT2D eigenvalue weighted by Gasteiger charge is 2.19. The zero-order chi connectivity index (χ0) is 16.6. The molecule has 0 unspecified atom stereocenters. The summed E-state index contributed by atoms with van der Waals surface area (Å²) >= 11 is 0. The molecule has 0 aliphatic carbocycles. The molecular weight excluding hydrogens is 304 g/mol. The third kappa shape index (κ3) is 1.38. The molecule has 5 aromatic rings. The van der Waals surface area contributed by atoms with E-state index in [0.29, 0.717) is 10.8 Å². The Bertz CT molecular complexity index is 1090. The van der Waals surface area contributed by atoms with Crippen LogP contribution in [0.2, 0.25) is 0 Å². The molecule has 5 aromatic carbocycles. The number of hydrogen-bond acceptors (Lipinski definition) is 4. The molecule has 0 heterocycles. The number of rotatable bonds is 0. The highest BCUT2D eigenvalue weighted by Crippen LogP contribution is 2.48. The largest absolute Gasteiger partial charge is 0.507 e. The van der Waals surface area contributed by atoms with Gasteiger partial charge >= 0.3 is 0 Å². The number of benzene rings is 5. The summed E-state index contributed by atoms with van der Waals surface area (Å²) in [6, 6.07) is 13.4. The summed E-state index contributed by atoms with van der Waals surface area (Å²) in [7, 11) is 0. The van der Waals surface area contributed by atoms with E-state index >= 15 is 0 Å². The van der Waals surface area contributed by atoms with Gasteiger partial charge in [-0.05, 0) is 45.8 Å². The lowest BCUT2D eigenvalue weighted by Crippen LogP contribution is -1.88. The van der Waals surface area contributed by atoms with Crippen LogP contribution in [0.15, 0.2) is 48.5 Å². The molecule has 0 amide bonds. The summed E-state index contributed by atoms with van der Waals surface area (Å²) in [5.41, 5.74) is 0. The first-order chi connectivity index (χ1) is 11.6. The molecule has 4 N–H and O–H groups in total. The van der Waals surface area contributed by atoms with Gasteiger partial charge in [0.1, 0.15) is 23.0 Å². The number of aromatic hydroxyl groups is 4. The predicted octanol–water partition coefficient (Wildman–Crippen LogP) is 4.56. The van der Waals surface area contributed by atoms with Gasteiger partial charge < -0.3 is 20.4 Å². The van der Waals surface area contributed by atoms with Gasteiger partial charge in [0.15, 0.2) is 0 Å². The van der Waals surface area contributed by atoms with Gasteiger partial charge in [0.25, 0.3) is 0 Å². The van der Waals surface area contributed by atoms with E-state index in [-0.39, 0.29) is 23.0 Å². The van der Waals surface area contributed by atoms with Crippen molar-refractivity contribution >= 4 is 43.1 Å². The van der Waals surface area contributed by atoms with Crippen molar-refractivity contribution < 1.29 is 20.4 Å². The SMILES string of the molecule is Oc1ccc2c3ccc(O)c4c(O)ccc(c5ccc(O)c1c25)c43. The summed E-state index contributed by atoms with van der Waals surface area (Å²) in [6.07, 6.45) is 0. The van der Waals surface area contributed by atoms with Gasteiger partial charge in [-0.1, -0.05) is 24.3 Å². The molecule has 0 fully saturated rings. The number of phenolic OH excluding ortho intramolecular Hbond substituents is 4. The van der Waals surface area contributed by atoms with Crippen LogP contribution in [0.1, 0.15) is 0 Å². The molecule has 0 saturated heterocycles. The van der Waals surface area contributed by atoms with E-state index in [2.05, 4.69) is 0 Å². The van der Waals surface area contributed by atoms with Crippen LogP contribution in [0.25, 0.3) is 43.1 Å². The van der Waals surface area contributed by atoms with Gasteiger partial charge in [-0.25, -0.2) is 0 Å². The molecular formula is C20H12O4. The first-order valence-corrected chi connectivity index (χ1v) is 7.54. The molecule has 0 aliphatic rings. The van der Waals surface area contributed by atoms with Crippen molar-refractivity contribution in [2.45, 2.75) is 0 Å². The average molecular weight is 316 g/mol. The first kappa shape index (κ1) is 13.1. The molecule has 5 rings (SSSR count). The Morgan fingerprint density at radius 2 is 0.583 bits per heavy atom. The minimum absolute atomic E-state index is 0.0188. The van der Waals surface area contributed by atoms with Gasteiger partial charge in [0.2, 0.25) is 0 Å². The molecule has 24 heavy (non-hydrogen) atoms. The van der Waals surface area contributed by atoms with Crippen molar-refractivity contribution in [3.05, 3.63) is 48.5 Å². The predicted molar refractivity (Wildman–Crippen MR) is 94.3 cm³/mol. The van der Waals surface area contributed by atoms with Crippen molar-refractivity contribution in [3.8, 4) is 23.0 Å². The van der Waals surface area contributed by atoms with E-state index in [0.717, 1.165) is 32.3 Å². The van der Waals surface area contributed by atoms with E-state index in [1.165, 1.54) is 0 Å². The first-order valence-electron chi connectivity index (χ1n) is 7.54. The van der Waals surface area contributed by atoms with Crippen molar-refractivity contribution in [1.82, 2.24) is 0 Å². The number of fused-ring (bicyclic) bond motifs is 2. The van der Waals surface area contributed by atoms with Gasteiger partial charge in [0, 0.05) is 10.8 Å². The molecule has 4 nitrogen and oxygen atoms in total. The summed E-state index contributed by atoms with van der Waals surface area (Å²) in [5, 5.41) is 46.6. The monoisotopic (exact) mass is 316 g/mol. The summed E-state index contributed by atoms with van der Waals surface area (Å²) in [6.45, 7) is 0. The molecule has 4 heteroatoms. The smallest absolute Gasteiger partial charge is 0.127 e. The summed E-state index contributed by atoms with van der Waals surface area (Å²) < 4.78 is 0. The van der Waals surface area contributed by atoms with E-state index in [1.54, 1.807) is 48.5 Å². The normalized spacial score (nSPS) is 12.0. The van der Waals surface area contributed by atoms with Crippen LogP contribution >= 0.6 is 0 Å². The second kappa shape index (κ2) is 4.11. The Morgan fingerprint density at radius 3 is 0.833 bits per heavy atom. The number of hydrogen-bond donors (Lipinski definition) is 4. The van der Waals surface area contributed by atoms with Crippen LogP contribution in [0.5, 0.6) is 23.0 Å². The van der Waals surface area contributed by atoms with E-state index in [4.69, 9.17) is 0 Å². The van der Waals surface area contributed by atoms with E-state index in [9.17, 15) is 20.4 Å². The molecule has 0 radical (unpaired) electrons. The van der Waals surface area contributed by atoms with Crippen molar-refractivity contribution in [2.24, 2.45) is 0 Å². The Hall–Kier alpha value is -3.40. The minimum Gasteiger partial charge on any atom is -0.507 e. The molecule has 0 aliphatic heterocycles. The van der Waals surface area contributed by atoms with Gasteiger partial charge in [-0.3, -0.25) is 0 Å². The maximum absolute atomic E-state index is 10.2. The highest BCUT2D eigenvalue weighted by molar-refractivity contribution is 6.35. The van der Waals surface area contributed by atoms with Crippen molar-refractivity contribution in [2.75, 3.05) is 0 Å². The third-order valence-corrected chi connectivity index (χ3v) is 4.81. The Morgan fingerprint density at radius 1 is 0.333 bits per heavy atom. The molecule has 0 aromatic heterocycles. The fourth-order valence-corrected chi connectivity index (χ4v) is 3.82. The van der Waals surface area contributed by atoms with E-state index < -0.39 is 0 Å². The Kier molecular flexibility index (Phi) is 2.24. The van der Waals surface area contributed by atoms with Gasteiger partial charge in [-0.2, -0.15) is 0 Å². The van der Waals surface area contributed by atoms with Crippen molar-refractivity contribution in [1.29, 1.82) is 0 Å². The van der Waals surface area contributed by atoms with Crippen LogP contribution in [0, 0.1) is 0 Å². The average Bonchev–Trinajstić information content (AvgIpc) is 2.57. The lowest BCUT2D eigenvalue weighted by Gasteiger charge is -2.16. The van der Waals surface area contributed by atoms with Crippen LogP contribution in [0.4, 0.5) is 0 Å². The molecule has 0 bridgehead atoms.